The highest BCUT2D eigenvalue weighted by Crippen LogP contribution is 2.36. The number of pyridine rings is 1. The van der Waals surface area contributed by atoms with E-state index in [1.54, 1.807) is 6.92 Å². The zero-order valence-electron chi connectivity index (χ0n) is 11.9. The molecule has 116 valence electrons. The van der Waals surface area contributed by atoms with Crippen molar-refractivity contribution in [1.82, 2.24) is 20.3 Å². The molecule has 1 aliphatic rings. The van der Waals surface area contributed by atoms with Gasteiger partial charge in [-0.2, -0.15) is 0 Å². The zero-order chi connectivity index (χ0) is 15.9. The summed E-state index contributed by atoms with van der Waals surface area (Å²) in [6.07, 6.45) is 3.25. The second-order valence-electron chi connectivity index (χ2n) is 5.25. The van der Waals surface area contributed by atoms with E-state index in [-0.39, 0.29) is 18.8 Å². The summed E-state index contributed by atoms with van der Waals surface area (Å²) in [5, 5.41) is 32.1. The Labute approximate surface area is 125 Å². The summed E-state index contributed by atoms with van der Waals surface area (Å²) in [6.45, 7) is 1.33. The fraction of sp³-hybridized carbons (Fsp3) is 0.357. The molecule has 2 atom stereocenters. The van der Waals surface area contributed by atoms with Crippen molar-refractivity contribution in [3.8, 4) is 5.75 Å². The number of nitrogens with zero attached hydrogens (tertiary/aromatic N) is 2. The number of aliphatic hydroxyl groups is 1. The third kappa shape index (κ3) is 2.22. The van der Waals surface area contributed by atoms with Crippen molar-refractivity contribution >= 4 is 5.97 Å². The van der Waals surface area contributed by atoms with Crippen molar-refractivity contribution in [1.29, 1.82) is 0 Å². The number of aliphatic hydroxyl groups excluding tert-OH is 1. The van der Waals surface area contributed by atoms with Crippen LogP contribution < -0.4 is 5.32 Å². The van der Waals surface area contributed by atoms with E-state index >= 15 is 0 Å². The zero-order valence-corrected chi connectivity index (χ0v) is 11.9. The molecule has 0 aromatic carbocycles. The molecule has 8 heteroatoms. The number of nitrogens with one attached hydrogen (secondary N) is 2. The molecule has 0 amide bonds. The maximum Gasteiger partial charge on any atom is 0.321 e. The van der Waals surface area contributed by atoms with Gasteiger partial charge in [-0.1, -0.05) is 0 Å². The first kappa shape index (κ1) is 14.5. The normalized spacial score (nSPS) is 20.6. The maximum atomic E-state index is 11.3. The first-order chi connectivity index (χ1) is 10.5. The topological polar surface area (TPSA) is 131 Å². The van der Waals surface area contributed by atoms with E-state index in [1.165, 1.54) is 12.5 Å². The molecule has 2 aromatic rings. The molecule has 0 saturated carbocycles. The summed E-state index contributed by atoms with van der Waals surface area (Å²) in [5.41, 5.74) is 2.57. The molecule has 5 N–H and O–H groups in total. The van der Waals surface area contributed by atoms with Crippen molar-refractivity contribution in [3.63, 3.8) is 0 Å². The van der Waals surface area contributed by atoms with E-state index in [2.05, 4.69) is 20.3 Å². The number of fused-ring (bicyclic) bond motifs is 1. The summed E-state index contributed by atoms with van der Waals surface area (Å²) < 4.78 is 0. The molecule has 0 aliphatic carbocycles. The molecule has 3 heterocycles. The molecule has 0 spiro atoms. The summed E-state index contributed by atoms with van der Waals surface area (Å²) in [7, 11) is 0. The number of imidazole rings is 1. The summed E-state index contributed by atoms with van der Waals surface area (Å²) >= 11 is 0. The van der Waals surface area contributed by atoms with Crippen LogP contribution in [-0.2, 0) is 17.8 Å². The van der Waals surface area contributed by atoms with Crippen LogP contribution >= 0.6 is 0 Å². The minimum absolute atomic E-state index is 0.0657. The number of aryl methyl sites for hydroxylation is 1. The van der Waals surface area contributed by atoms with Crippen molar-refractivity contribution in [2.24, 2.45) is 0 Å². The largest absolute Gasteiger partial charge is 0.506 e. The number of aromatic hydroxyl groups is 1. The Morgan fingerprint density at radius 2 is 2.23 bits per heavy atom. The van der Waals surface area contributed by atoms with E-state index in [1.807, 2.05) is 0 Å². The van der Waals surface area contributed by atoms with Gasteiger partial charge in [0, 0.05) is 29.4 Å². The van der Waals surface area contributed by atoms with Crippen molar-refractivity contribution < 1.29 is 20.1 Å². The van der Waals surface area contributed by atoms with Crippen molar-refractivity contribution in [2.75, 3.05) is 0 Å². The van der Waals surface area contributed by atoms with E-state index in [0.717, 1.165) is 0 Å². The number of aromatic nitrogens is 3. The molecule has 22 heavy (non-hydrogen) atoms. The quantitative estimate of drug-likeness (QED) is 0.539. The van der Waals surface area contributed by atoms with Gasteiger partial charge >= 0.3 is 5.97 Å². The smallest absolute Gasteiger partial charge is 0.321 e. The molecular formula is C14H16N4O4. The van der Waals surface area contributed by atoms with Gasteiger partial charge in [0.05, 0.1) is 30.4 Å². The molecule has 2 aromatic heterocycles. The minimum atomic E-state index is -0.985. The Balaban J connectivity index is 2.16. The number of aliphatic carboxylic acids is 1. The van der Waals surface area contributed by atoms with Gasteiger partial charge in [-0.05, 0) is 6.92 Å². The van der Waals surface area contributed by atoms with Crippen LogP contribution in [0.3, 0.4) is 0 Å². The summed E-state index contributed by atoms with van der Waals surface area (Å²) in [6, 6.07) is -1.43. The molecule has 0 fully saturated rings. The van der Waals surface area contributed by atoms with Crippen molar-refractivity contribution in [3.05, 3.63) is 40.7 Å². The van der Waals surface area contributed by atoms with E-state index in [0.29, 0.717) is 28.2 Å². The molecule has 3 rings (SSSR count). The molecule has 0 radical (unpaired) electrons. The Morgan fingerprint density at radius 1 is 1.45 bits per heavy atom. The average Bonchev–Trinajstić information content (AvgIpc) is 2.97. The van der Waals surface area contributed by atoms with Gasteiger partial charge in [-0.15, -0.1) is 0 Å². The van der Waals surface area contributed by atoms with Crippen LogP contribution in [0.1, 0.15) is 34.3 Å². The number of carbonyl (C=O) groups is 1. The fourth-order valence-corrected chi connectivity index (χ4v) is 2.77. The van der Waals surface area contributed by atoms with Gasteiger partial charge in [0.15, 0.2) is 0 Å². The number of aromatic amines is 1. The van der Waals surface area contributed by atoms with E-state index < -0.39 is 18.1 Å². The number of carboxylic acids is 1. The van der Waals surface area contributed by atoms with Crippen LogP contribution in [-0.4, -0.2) is 42.3 Å². The second-order valence-corrected chi connectivity index (χ2v) is 5.25. The third-order valence-electron chi connectivity index (χ3n) is 3.92. The van der Waals surface area contributed by atoms with Crippen LogP contribution in [0.25, 0.3) is 0 Å². The number of rotatable bonds is 3. The first-order valence-electron chi connectivity index (χ1n) is 6.82. The number of carboxylic acid groups (broad SMARTS) is 1. The lowest BCUT2D eigenvalue weighted by Crippen LogP contribution is -2.45. The van der Waals surface area contributed by atoms with Gasteiger partial charge in [0.25, 0.3) is 0 Å². The Kier molecular flexibility index (Phi) is 3.55. The lowest BCUT2D eigenvalue weighted by Gasteiger charge is -2.30. The highest BCUT2D eigenvalue weighted by Gasteiger charge is 2.35. The molecule has 0 bridgehead atoms. The van der Waals surface area contributed by atoms with Gasteiger partial charge < -0.3 is 20.3 Å². The van der Waals surface area contributed by atoms with Gasteiger partial charge in [0.1, 0.15) is 11.8 Å². The monoisotopic (exact) mass is 304 g/mol. The summed E-state index contributed by atoms with van der Waals surface area (Å²) in [4.78, 5) is 22.5. The van der Waals surface area contributed by atoms with E-state index in [9.17, 15) is 20.1 Å². The van der Waals surface area contributed by atoms with Gasteiger partial charge in [-0.3, -0.25) is 15.1 Å². The van der Waals surface area contributed by atoms with Crippen LogP contribution in [0.2, 0.25) is 0 Å². The minimum Gasteiger partial charge on any atom is -0.506 e. The van der Waals surface area contributed by atoms with Crippen LogP contribution in [0.4, 0.5) is 0 Å². The highest BCUT2D eigenvalue weighted by molar-refractivity contribution is 5.74. The molecule has 1 aliphatic heterocycles. The standard InChI is InChI=1S/C14H16N4O4/c1-6-13(20)10(7(4-19)3-15-6)12-11-8(16-5-17-11)2-9(18-12)14(21)22/h3,5,9,12,18-20H,2,4H2,1H3,(H,16,17)(H,21,22). The number of hydrogen-bond acceptors (Lipinski definition) is 6. The Bertz CT molecular complexity index is 728. The summed E-state index contributed by atoms with van der Waals surface area (Å²) in [5.74, 6) is -1.05. The molecule has 2 unspecified atom stereocenters. The molecule has 0 saturated heterocycles. The van der Waals surface area contributed by atoms with Crippen LogP contribution in [0, 0.1) is 6.92 Å². The predicted octanol–water partition coefficient (Wildman–Crippen LogP) is -0.000680. The van der Waals surface area contributed by atoms with Gasteiger partial charge in [-0.25, -0.2) is 4.98 Å². The number of hydrogen-bond donors (Lipinski definition) is 5. The van der Waals surface area contributed by atoms with Crippen molar-refractivity contribution in [2.45, 2.75) is 32.0 Å². The Morgan fingerprint density at radius 3 is 2.91 bits per heavy atom. The lowest BCUT2D eigenvalue weighted by atomic mass is 9.91. The first-order valence-corrected chi connectivity index (χ1v) is 6.82. The fourth-order valence-electron chi connectivity index (χ4n) is 2.77. The van der Waals surface area contributed by atoms with Crippen LogP contribution in [0.5, 0.6) is 5.75 Å². The van der Waals surface area contributed by atoms with E-state index in [4.69, 9.17) is 0 Å². The third-order valence-corrected chi connectivity index (χ3v) is 3.92. The highest BCUT2D eigenvalue weighted by atomic mass is 16.4. The molecular weight excluding hydrogens is 288 g/mol. The van der Waals surface area contributed by atoms with Gasteiger partial charge in [0.2, 0.25) is 0 Å². The average molecular weight is 304 g/mol. The SMILES string of the molecule is Cc1ncc(CO)c(C2NC(C(=O)O)Cc3[nH]cnc32)c1O. The Hall–Kier alpha value is -2.45. The second kappa shape index (κ2) is 5.39. The maximum absolute atomic E-state index is 11.3. The van der Waals surface area contributed by atoms with Crippen LogP contribution in [0.15, 0.2) is 12.5 Å². The lowest BCUT2D eigenvalue weighted by molar-refractivity contribution is -0.139. The number of H-pyrrole nitrogens is 1. The predicted molar refractivity (Wildman–Crippen MR) is 75.3 cm³/mol. The molecule has 8 nitrogen and oxygen atoms in total.